The molecule has 0 aliphatic heterocycles. The molecular weight excluding hydrogens is 583 g/mol. The molecule has 2 aromatic carbocycles. The van der Waals surface area contributed by atoms with E-state index in [9.17, 15) is 0 Å². The van der Waals surface area contributed by atoms with E-state index in [1.807, 2.05) is 14.2 Å². The zero-order valence-corrected chi connectivity index (χ0v) is 30.5. The third kappa shape index (κ3) is 8.24. The maximum atomic E-state index is 7.50. The van der Waals surface area contributed by atoms with Crippen molar-refractivity contribution in [3.63, 3.8) is 0 Å². The molecule has 4 aliphatic carbocycles. The number of hydrogen-bond acceptors (Lipinski definition) is 4. The van der Waals surface area contributed by atoms with Crippen molar-refractivity contribution in [3.8, 4) is 23.0 Å². The van der Waals surface area contributed by atoms with Crippen LogP contribution in [0.2, 0.25) is 5.28 Å². The SMILES string of the molecule is CC[CH2][Al]([O]c1c(C2CCCCC2)cc(OC)cc1C1CCCCC1)[O]c1c(C2CCCCC2)cc(OC)cc1C1CCCCC1. The Morgan fingerprint density at radius 3 is 1.00 bits per heavy atom. The van der Waals surface area contributed by atoms with Crippen molar-refractivity contribution in [1.82, 2.24) is 0 Å². The van der Waals surface area contributed by atoms with Gasteiger partial charge in [-0.15, -0.1) is 0 Å². The molecule has 0 N–H and O–H groups in total. The number of benzene rings is 2. The minimum Gasteiger partial charge on any atom is -0.611 e. The summed E-state index contributed by atoms with van der Waals surface area (Å²) >= 11 is -2.15. The summed E-state index contributed by atoms with van der Waals surface area (Å²) in [5.74, 6) is 6.61. The fraction of sp³-hybridized carbons (Fsp3) is 0.707. The van der Waals surface area contributed by atoms with Gasteiger partial charge in [-0.2, -0.15) is 0 Å². The smallest absolute Gasteiger partial charge is 0.611 e. The summed E-state index contributed by atoms with van der Waals surface area (Å²) in [6, 6.07) is 9.35. The van der Waals surface area contributed by atoms with Gasteiger partial charge in [-0.25, -0.2) is 0 Å². The molecule has 4 saturated carbocycles. The van der Waals surface area contributed by atoms with E-state index < -0.39 is 14.8 Å². The van der Waals surface area contributed by atoms with Crippen LogP contribution in [-0.4, -0.2) is 29.0 Å². The second-order valence-electron chi connectivity index (χ2n) is 15.1. The zero-order valence-electron chi connectivity index (χ0n) is 29.4. The largest absolute Gasteiger partial charge is 0.856 e. The van der Waals surface area contributed by atoms with Gasteiger partial charge in [0.25, 0.3) is 0 Å². The van der Waals surface area contributed by atoms with Gasteiger partial charge in [0.1, 0.15) is 11.5 Å². The van der Waals surface area contributed by atoms with Crippen molar-refractivity contribution in [3.05, 3.63) is 46.5 Å². The molecule has 0 atom stereocenters. The van der Waals surface area contributed by atoms with Gasteiger partial charge in [0.2, 0.25) is 0 Å². The average molecular weight is 645 g/mol. The Hall–Kier alpha value is -1.83. The van der Waals surface area contributed by atoms with Crippen LogP contribution in [0.25, 0.3) is 0 Å². The van der Waals surface area contributed by atoms with Gasteiger partial charge >= 0.3 is 14.8 Å². The minimum absolute atomic E-state index is 0.550. The van der Waals surface area contributed by atoms with Crippen LogP contribution in [0, 0.1) is 0 Å². The molecule has 6 rings (SSSR count). The van der Waals surface area contributed by atoms with Crippen LogP contribution in [0.5, 0.6) is 23.0 Å². The van der Waals surface area contributed by atoms with Crippen LogP contribution in [0.1, 0.15) is 188 Å². The van der Waals surface area contributed by atoms with Crippen LogP contribution in [0.3, 0.4) is 0 Å². The summed E-state index contributed by atoms with van der Waals surface area (Å²) in [5.41, 5.74) is 5.64. The lowest BCUT2D eigenvalue weighted by molar-refractivity contribution is 0.363. The summed E-state index contributed by atoms with van der Waals surface area (Å²) in [6.45, 7) is 2.31. The van der Waals surface area contributed by atoms with Crippen molar-refractivity contribution in [2.24, 2.45) is 0 Å². The molecule has 0 spiro atoms. The predicted octanol–water partition coefficient (Wildman–Crippen LogP) is 12.3. The monoisotopic (exact) mass is 644 g/mol. The first-order valence-corrected chi connectivity index (χ1v) is 21.2. The Bertz CT molecular complexity index is 1060. The zero-order chi connectivity index (χ0) is 31.7. The van der Waals surface area contributed by atoms with Gasteiger partial charge in [-0.1, -0.05) is 90.4 Å². The second kappa shape index (κ2) is 17.0. The van der Waals surface area contributed by atoms with Crippen molar-refractivity contribution in [2.45, 2.75) is 171 Å². The van der Waals surface area contributed by atoms with Crippen LogP contribution in [-0.2, 0) is 0 Å². The topological polar surface area (TPSA) is 36.9 Å². The van der Waals surface area contributed by atoms with Crippen LogP contribution in [0.15, 0.2) is 24.3 Å². The Balaban J connectivity index is 1.42. The fourth-order valence-corrected chi connectivity index (χ4v) is 11.1. The lowest BCUT2D eigenvalue weighted by atomic mass is 9.79. The van der Waals surface area contributed by atoms with Crippen LogP contribution >= 0.6 is 0 Å². The molecular formula is C41H61AlO4. The first kappa shape index (κ1) is 34.1. The molecule has 46 heavy (non-hydrogen) atoms. The Kier molecular flexibility index (Phi) is 12.6. The molecule has 4 aliphatic rings. The first-order chi connectivity index (χ1) is 22.7. The molecule has 5 heteroatoms. The first-order valence-electron chi connectivity index (χ1n) is 19.4. The summed E-state index contributed by atoms with van der Waals surface area (Å²) in [6.07, 6.45) is 27.0. The normalized spacial score (nSPS) is 20.8. The van der Waals surface area contributed by atoms with E-state index in [1.165, 1.54) is 162 Å². The summed E-state index contributed by atoms with van der Waals surface area (Å²) in [5, 5.41) is 1.01. The van der Waals surface area contributed by atoms with E-state index in [0.717, 1.165) is 23.2 Å². The Labute approximate surface area is 285 Å². The van der Waals surface area contributed by atoms with Gasteiger partial charge in [0, 0.05) is 0 Å². The van der Waals surface area contributed by atoms with E-state index in [4.69, 9.17) is 17.1 Å². The van der Waals surface area contributed by atoms with Gasteiger partial charge in [0.15, 0.2) is 0 Å². The fourth-order valence-electron chi connectivity index (χ4n) is 9.31. The maximum Gasteiger partial charge on any atom is 0.856 e. The van der Waals surface area contributed by atoms with Gasteiger partial charge in [-0.05, 0) is 127 Å². The van der Waals surface area contributed by atoms with Crippen molar-refractivity contribution in [1.29, 1.82) is 0 Å². The second-order valence-corrected chi connectivity index (χ2v) is 17.0. The van der Waals surface area contributed by atoms with Crippen LogP contribution < -0.4 is 17.1 Å². The molecule has 4 fully saturated rings. The highest BCUT2D eigenvalue weighted by Gasteiger charge is 2.38. The van der Waals surface area contributed by atoms with Gasteiger partial charge in [-0.3, -0.25) is 0 Å². The maximum absolute atomic E-state index is 7.50. The standard InChI is InChI=1S/2C19H28O2.C3H7.Al/c2*1-21-16-12-17(14-8-4-2-5-9-14)19(20)18(13-16)15-10-6-3-7-11-15;1-3-2;/h2*12-15,20H,2-11H2,1H3;1,3H2,2H3;/q;;;+2/p-2. The number of ether oxygens (including phenoxy) is 2. The highest BCUT2D eigenvalue weighted by Crippen LogP contribution is 2.49. The third-order valence-electron chi connectivity index (χ3n) is 11.9. The summed E-state index contributed by atoms with van der Waals surface area (Å²) in [7, 11) is 3.68. The number of hydrogen-bond donors (Lipinski definition) is 0. The molecule has 252 valence electrons. The van der Waals surface area contributed by atoms with E-state index >= 15 is 0 Å². The molecule has 0 heterocycles. The summed E-state index contributed by atoms with van der Waals surface area (Å²) in [4.78, 5) is 0. The molecule has 4 nitrogen and oxygen atoms in total. The average Bonchev–Trinajstić information content (AvgIpc) is 3.13. The van der Waals surface area contributed by atoms with Gasteiger partial charge < -0.3 is 17.1 Å². The lowest BCUT2D eigenvalue weighted by Crippen LogP contribution is -2.32. The molecule has 2 aromatic rings. The van der Waals surface area contributed by atoms with E-state index in [2.05, 4.69) is 31.2 Å². The van der Waals surface area contributed by atoms with E-state index in [1.54, 1.807) is 0 Å². The highest BCUT2D eigenvalue weighted by molar-refractivity contribution is 6.46. The molecule has 0 bridgehead atoms. The Morgan fingerprint density at radius 2 is 0.761 bits per heavy atom. The lowest BCUT2D eigenvalue weighted by Gasteiger charge is -2.33. The number of methoxy groups -OCH3 is 2. The minimum atomic E-state index is -2.15. The molecule has 0 amide bonds. The van der Waals surface area contributed by atoms with E-state index in [0.29, 0.717) is 23.7 Å². The molecule has 0 radical (unpaired) electrons. The van der Waals surface area contributed by atoms with Gasteiger partial charge in [0.05, 0.1) is 25.7 Å². The van der Waals surface area contributed by atoms with E-state index in [-0.39, 0.29) is 0 Å². The Morgan fingerprint density at radius 1 is 0.478 bits per heavy atom. The van der Waals surface area contributed by atoms with Crippen molar-refractivity contribution >= 4 is 14.8 Å². The number of rotatable bonds is 12. The van der Waals surface area contributed by atoms with Crippen LogP contribution in [0.4, 0.5) is 0 Å². The molecule has 0 aromatic heterocycles. The molecule has 0 unspecified atom stereocenters. The van der Waals surface area contributed by atoms with Crippen molar-refractivity contribution < 1.29 is 17.1 Å². The predicted molar refractivity (Wildman–Crippen MR) is 191 cm³/mol. The highest BCUT2D eigenvalue weighted by atomic mass is 27.2. The summed E-state index contributed by atoms with van der Waals surface area (Å²) < 4.78 is 27.0. The third-order valence-corrected chi connectivity index (χ3v) is 14.0. The molecule has 0 saturated heterocycles. The van der Waals surface area contributed by atoms with Crippen molar-refractivity contribution in [2.75, 3.05) is 14.2 Å². The quantitative estimate of drug-likeness (QED) is 0.215.